The standard InChI is InChI=1S/C12H26N2O2/c1-8(9(13)11(2,3)4)14-10(15)16-12(5,6)7/h8-9H,13H2,1-7H3,(H,14,15)/t8-,9+/m1/s1. The average molecular weight is 230 g/mol. The smallest absolute Gasteiger partial charge is 0.407 e. The molecule has 0 rings (SSSR count). The van der Waals surface area contributed by atoms with Crippen molar-refractivity contribution in [2.45, 2.75) is 66.2 Å². The van der Waals surface area contributed by atoms with Crippen LogP contribution in [-0.2, 0) is 4.74 Å². The maximum atomic E-state index is 11.5. The van der Waals surface area contributed by atoms with E-state index < -0.39 is 11.7 Å². The quantitative estimate of drug-likeness (QED) is 0.765. The molecule has 4 heteroatoms. The highest BCUT2D eigenvalue weighted by Gasteiger charge is 2.28. The van der Waals surface area contributed by atoms with Gasteiger partial charge in [-0.2, -0.15) is 0 Å². The van der Waals surface area contributed by atoms with E-state index >= 15 is 0 Å². The molecule has 0 bridgehead atoms. The van der Waals surface area contributed by atoms with Gasteiger partial charge in [-0.3, -0.25) is 0 Å². The van der Waals surface area contributed by atoms with Crippen molar-refractivity contribution in [1.82, 2.24) is 5.32 Å². The van der Waals surface area contributed by atoms with Crippen LogP contribution in [0.5, 0.6) is 0 Å². The zero-order chi connectivity index (χ0) is 13.1. The molecule has 0 aliphatic heterocycles. The highest BCUT2D eigenvalue weighted by Crippen LogP contribution is 2.20. The lowest BCUT2D eigenvalue weighted by molar-refractivity contribution is 0.0489. The summed E-state index contributed by atoms with van der Waals surface area (Å²) in [5.74, 6) is 0. The van der Waals surface area contributed by atoms with Crippen molar-refractivity contribution >= 4 is 6.09 Å². The number of rotatable bonds is 2. The molecule has 4 nitrogen and oxygen atoms in total. The van der Waals surface area contributed by atoms with E-state index in [4.69, 9.17) is 10.5 Å². The summed E-state index contributed by atoms with van der Waals surface area (Å²) in [4.78, 5) is 11.5. The van der Waals surface area contributed by atoms with Crippen molar-refractivity contribution in [1.29, 1.82) is 0 Å². The molecule has 2 atom stereocenters. The zero-order valence-electron chi connectivity index (χ0n) is 11.5. The van der Waals surface area contributed by atoms with Gasteiger partial charge < -0.3 is 15.8 Å². The van der Waals surface area contributed by atoms with E-state index in [1.807, 2.05) is 48.5 Å². The molecule has 16 heavy (non-hydrogen) atoms. The van der Waals surface area contributed by atoms with Crippen LogP contribution in [0.15, 0.2) is 0 Å². The van der Waals surface area contributed by atoms with Gasteiger partial charge >= 0.3 is 6.09 Å². The van der Waals surface area contributed by atoms with E-state index in [1.165, 1.54) is 0 Å². The van der Waals surface area contributed by atoms with Crippen molar-refractivity contribution in [2.24, 2.45) is 11.1 Å². The molecule has 0 unspecified atom stereocenters. The Labute approximate surface area is 98.9 Å². The molecule has 0 radical (unpaired) electrons. The molecule has 0 aromatic heterocycles. The second-order valence-electron chi connectivity index (χ2n) is 6.33. The van der Waals surface area contributed by atoms with Crippen molar-refractivity contribution in [3.05, 3.63) is 0 Å². The third kappa shape index (κ3) is 5.95. The SMILES string of the molecule is C[C@@H](NC(=O)OC(C)(C)C)[C@H](N)C(C)(C)C. The third-order valence-electron chi connectivity index (χ3n) is 2.28. The number of hydrogen-bond acceptors (Lipinski definition) is 3. The lowest BCUT2D eigenvalue weighted by Crippen LogP contribution is -2.52. The second-order valence-corrected chi connectivity index (χ2v) is 6.33. The maximum Gasteiger partial charge on any atom is 0.407 e. The minimum absolute atomic E-state index is 0.0472. The van der Waals surface area contributed by atoms with Gasteiger partial charge in [-0.05, 0) is 33.1 Å². The van der Waals surface area contributed by atoms with E-state index in [-0.39, 0.29) is 17.5 Å². The topological polar surface area (TPSA) is 64.3 Å². The van der Waals surface area contributed by atoms with Crippen LogP contribution in [-0.4, -0.2) is 23.8 Å². The first kappa shape index (κ1) is 15.2. The van der Waals surface area contributed by atoms with Gasteiger partial charge in [-0.25, -0.2) is 4.79 Å². The summed E-state index contributed by atoms with van der Waals surface area (Å²) >= 11 is 0. The number of nitrogens with one attached hydrogen (secondary N) is 1. The van der Waals surface area contributed by atoms with Gasteiger partial charge in [-0.1, -0.05) is 20.8 Å². The first-order valence-electron chi connectivity index (χ1n) is 5.68. The second kappa shape index (κ2) is 5.04. The Morgan fingerprint density at radius 2 is 1.62 bits per heavy atom. The molecule has 0 saturated heterocycles. The van der Waals surface area contributed by atoms with Crippen LogP contribution < -0.4 is 11.1 Å². The lowest BCUT2D eigenvalue weighted by Gasteiger charge is -2.33. The number of alkyl carbamates (subject to hydrolysis) is 1. The maximum absolute atomic E-state index is 11.5. The Hall–Kier alpha value is -0.770. The summed E-state index contributed by atoms with van der Waals surface area (Å²) in [5.41, 5.74) is 5.51. The molecule has 1 amide bonds. The number of amides is 1. The summed E-state index contributed by atoms with van der Waals surface area (Å²) < 4.78 is 5.17. The van der Waals surface area contributed by atoms with E-state index in [9.17, 15) is 4.79 Å². The van der Waals surface area contributed by atoms with Crippen LogP contribution in [0.1, 0.15) is 48.5 Å². The molecule has 0 aromatic carbocycles. The van der Waals surface area contributed by atoms with Gasteiger partial charge in [0.05, 0.1) is 0 Å². The van der Waals surface area contributed by atoms with Gasteiger partial charge in [0.1, 0.15) is 5.60 Å². The molecule has 0 spiro atoms. The molecule has 3 N–H and O–H groups in total. The first-order chi connectivity index (χ1) is 6.93. The van der Waals surface area contributed by atoms with Crippen LogP contribution in [0, 0.1) is 5.41 Å². The fraction of sp³-hybridized carbons (Fsp3) is 0.917. The molecular formula is C12H26N2O2. The number of carbonyl (C=O) groups is 1. The number of ether oxygens (including phenoxy) is 1. The molecular weight excluding hydrogens is 204 g/mol. The Balaban J connectivity index is 4.26. The number of carbonyl (C=O) groups excluding carboxylic acids is 1. The summed E-state index contributed by atoms with van der Waals surface area (Å²) in [6.07, 6.45) is -0.417. The van der Waals surface area contributed by atoms with E-state index in [1.54, 1.807) is 0 Å². The molecule has 0 fully saturated rings. The Kier molecular flexibility index (Phi) is 4.80. The third-order valence-corrected chi connectivity index (χ3v) is 2.28. The van der Waals surface area contributed by atoms with Crippen LogP contribution in [0.4, 0.5) is 4.79 Å². The Morgan fingerprint density at radius 3 is 1.94 bits per heavy atom. The molecule has 0 aliphatic carbocycles. The molecule has 0 aromatic rings. The molecule has 96 valence electrons. The largest absolute Gasteiger partial charge is 0.444 e. The van der Waals surface area contributed by atoms with Crippen LogP contribution in [0.25, 0.3) is 0 Å². The fourth-order valence-electron chi connectivity index (χ4n) is 1.33. The highest BCUT2D eigenvalue weighted by atomic mass is 16.6. The van der Waals surface area contributed by atoms with E-state index in [0.717, 1.165) is 0 Å². The first-order valence-corrected chi connectivity index (χ1v) is 5.68. The summed E-state index contributed by atoms with van der Waals surface area (Å²) in [6.45, 7) is 13.5. The van der Waals surface area contributed by atoms with Crippen LogP contribution in [0.2, 0.25) is 0 Å². The van der Waals surface area contributed by atoms with Crippen molar-refractivity contribution in [2.75, 3.05) is 0 Å². The summed E-state index contributed by atoms with van der Waals surface area (Å²) in [7, 11) is 0. The minimum atomic E-state index is -0.477. The van der Waals surface area contributed by atoms with Gasteiger partial charge in [0.25, 0.3) is 0 Å². The summed E-state index contributed by atoms with van der Waals surface area (Å²) in [5, 5.41) is 2.76. The van der Waals surface area contributed by atoms with Gasteiger partial charge in [-0.15, -0.1) is 0 Å². The lowest BCUT2D eigenvalue weighted by atomic mass is 9.83. The minimum Gasteiger partial charge on any atom is -0.444 e. The molecule has 0 aliphatic rings. The number of hydrogen-bond donors (Lipinski definition) is 2. The predicted molar refractivity (Wildman–Crippen MR) is 66.3 cm³/mol. The van der Waals surface area contributed by atoms with Crippen molar-refractivity contribution in [3.63, 3.8) is 0 Å². The van der Waals surface area contributed by atoms with Gasteiger partial charge in [0.2, 0.25) is 0 Å². The molecule has 0 heterocycles. The monoisotopic (exact) mass is 230 g/mol. The zero-order valence-corrected chi connectivity index (χ0v) is 11.5. The number of nitrogens with two attached hydrogens (primary N) is 1. The van der Waals surface area contributed by atoms with E-state index in [0.29, 0.717) is 0 Å². The Bertz CT molecular complexity index is 238. The molecule has 0 saturated carbocycles. The van der Waals surface area contributed by atoms with E-state index in [2.05, 4.69) is 5.32 Å². The van der Waals surface area contributed by atoms with Gasteiger partial charge in [0, 0.05) is 12.1 Å². The van der Waals surface area contributed by atoms with Crippen LogP contribution in [0.3, 0.4) is 0 Å². The van der Waals surface area contributed by atoms with Crippen molar-refractivity contribution in [3.8, 4) is 0 Å². The fourth-order valence-corrected chi connectivity index (χ4v) is 1.33. The Morgan fingerprint density at radius 1 is 1.19 bits per heavy atom. The highest BCUT2D eigenvalue weighted by molar-refractivity contribution is 5.68. The normalized spacial score (nSPS) is 16.5. The van der Waals surface area contributed by atoms with Gasteiger partial charge in [0.15, 0.2) is 0 Å². The average Bonchev–Trinajstić information content (AvgIpc) is 1.96. The van der Waals surface area contributed by atoms with Crippen molar-refractivity contribution < 1.29 is 9.53 Å². The summed E-state index contributed by atoms with van der Waals surface area (Å²) in [6, 6.07) is -0.227. The van der Waals surface area contributed by atoms with Crippen LogP contribution >= 0.6 is 0 Å². The predicted octanol–water partition coefficient (Wildman–Crippen LogP) is 2.27.